The number of nitrogens with two attached hydrogens (primary N) is 1. The van der Waals surface area contributed by atoms with Crippen LogP contribution in [0.3, 0.4) is 0 Å². The molecule has 7 nitrogen and oxygen atoms in total. The summed E-state index contributed by atoms with van der Waals surface area (Å²) in [5.74, 6) is 0.330. The molecular formula is C24H29N5O2. The van der Waals surface area contributed by atoms with Crippen LogP contribution >= 0.6 is 0 Å². The van der Waals surface area contributed by atoms with Crippen molar-refractivity contribution in [1.29, 1.82) is 0 Å². The minimum atomic E-state index is -0.624. The molecule has 2 atom stereocenters. The highest BCUT2D eigenvalue weighted by molar-refractivity contribution is 5.91. The molecule has 0 fully saturated rings. The number of carbonyl (C=O) groups excluding carboxylic acids is 2. The standard InChI is InChI=1S/C24H29N5O2/c1-16(19-6-4-3-5-7-19)13-26-15-22(30)29-17(2)24(31)28-14-18-8-9-21-20(12-18)10-11-27-23(21)25/h3-12,16-17,26H,13-15H2,1-2H3,(H2,25,27)(H,28,31)(H,29,30). The minimum absolute atomic E-state index is 0.162. The van der Waals surface area contributed by atoms with E-state index in [4.69, 9.17) is 5.73 Å². The molecule has 0 saturated carbocycles. The van der Waals surface area contributed by atoms with E-state index in [1.54, 1.807) is 13.1 Å². The summed E-state index contributed by atoms with van der Waals surface area (Å²) < 4.78 is 0. The van der Waals surface area contributed by atoms with Crippen molar-refractivity contribution in [3.8, 4) is 0 Å². The van der Waals surface area contributed by atoms with Crippen molar-refractivity contribution < 1.29 is 9.59 Å². The first-order chi connectivity index (χ1) is 14.9. The van der Waals surface area contributed by atoms with Crippen molar-refractivity contribution in [3.05, 3.63) is 71.9 Å². The number of fused-ring (bicyclic) bond motifs is 1. The van der Waals surface area contributed by atoms with Gasteiger partial charge in [0.1, 0.15) is 11.9 Å². The van der Waals surface area contributed by atoms with Crippen LogP contribution in [0.1, 0.15) is 30.9 Å². The van der Waals surface area contributed by atoms with Gasteiger partial charge in [-0.15, -0.1) is 0 Å². The number of carbonyl (C=O) groups is 2. The number of aromatic nitrogens is 1. The average molecular weight is 420 g/mol. The molecule has 3 rings (SSSR count). The van der Waals surface area contributed by atoms with Crippen molar-refractivity contribution >= 4 is 28.4 Å². The van der Waals surface area contributed by atoms with Gasteiger partial charge in [-0.1, -0.05) is 49.4 Å². The van der Waals surface area contributed by atoms with Crippen LogP contribution in [-0.2, 0) is 16.1 Å². The van der Waals surface area contributed by atoms with E-state index >= 15 is 0 Å². The molecule has 0 aliphatic carbocycles. The number of hydrogen-bond acceptors (Lipinski definition) is 5. The highest BCUT2D eigenvalue weighted by Gasteiger charge is 2.15. The number of nitrogen functional groups attached to an aromatic ring is 1. The van der Waals surface area contributed by atoms with Gasteiger partial charge in [0.05, 0.1) is 6.54 Å². The molecule has 0 aliphatic heterocycles. The Kier molecular flexibility index (Phi) is 7.56. The molecule has 2 amide bonds. The van der Waals surface area contributed by atoms with E-state index in [0.29, 0.717) is 24.8 Å². The highest BCUT2D eigenvalue weighted by Crippen LogP contribution is 2.19. The summed E-state index contributed by atoms with van der Waals surface area (Å²) in [4.78, 5) is 28.6. The number of hydrogen-bond donors (Lipinski definition) is 4. The zero-order valence-corrected chi connectivity index (χ0v) is 17.9. The molecule has 162 valence electrons. The molecule has 3 aromatic rings. The summed E-state index contributed by atoms with van der Waals surface area (Å²) in [7, 11) is 0. The van der Waals surface area contributed by atoms with Gasteiger partial charge in [0.15, 0.2) is 0 Å². The van der Waals surface area contributed by atoms with Crippen LogP contribution in [0.2, 0.25) is 0 Å². The second-order valence-corrected chi connectivity index (χ2v) is 7.70. The minimum Gasteiger partial charge on any atom is -0.383 e. The maximum atomic E-state index is 12.4. The predicted molar refractivity (Wildman–Crippen MR) is 123 cm³/mol. The Labute approximate surface area is 182 Å². The van der Waals surface area contributed by atoms with E-state index < -0.39 is 6.04 Å². The lowest BCUT2D eigenvalue weighted by Gasteiger charge is -2.16. The normalized spacial score (nSPS) is 12.8. The van der Waals surface area contributed by atoms with Gasteiger partial charge in [-0.25, -0.2) is 4.98 Å². The van der Waals surface area contributed by atoms with Crippen molar-refractivity contribution in [3.63, 3.8) is 0 Å². The van der Waals surface area contributed by atoms with Crippen LogP contribution in [0.25, 0.3) is 10.8 Å². The summed E-state index contributed by atoms with van der Waals surface area (Å²) in [5, 5.41) is 10.6. The first kappa shape index (κ1) is 22.2. The molecular weight excluding hydrogens is 390 g/mol. The third-order valence-corrected chi connectivity index (χ3v) is 5.20. The highest BCUT2D eigenvalue weighted by atomic mass is 16.2. The average Bonchev–Trinajstić information content (AvgIpc) is 2.78. The fourth-order valence-electron chi connectivity index (χ4n) is 3.36. The Morgan fingerprint density at radius 2 is 1.84 bits per heavy atom. The number of nitrogens with one attached hydrogen (secondary N) is 3. The van der Waals surface area contributed by atoms with Gasteiger partial charge < -0.3 is 21.7 Å². The molecule has 2 unspecified atom stereocenters. The maximum absolute atomic E-state index is 12.4. The molecule has 7 heteroatoms. The van der Waals surface area contributed by atoms with E-state index in [9.17, 15) is 9.59 Å². The summed E-state index contributed by atoms with van der Waals surface area (Å²) in [6.07, 6.45) is 1.66. The maximum Gasteiger partial charge on any atom is 0.242 e. The third kappa shape index (κ3) is 6.26. The molecule has 0 aliphatic rings. The lowest BCUT2D eigenvalue weighted by molar-refractivity contribution is -0.128. The van der Waals surface area contributed by atoms with Gasteiger partial charge in [-0.2, -0.15) is 0 Å². The number of rotatable bonds is 9. The fourth-order valence-corrected chi connectivity index (χ4v) is 3.36. The summed E-state index contributed by atoms with van der Waals surface area (Å²) in [5.41, 5.74) is 8.03. The van der Waals surface area contributed by atoms with E-state index in [0.717, 1.165) is 16.3 Å². The molecule has 0 bridgehead atoms. The van der Waals surface area contributed by atoms with Crippen LogP contribution in [0.5, 0.6) is 0 Å². The summed E-state index contributed by atoms with van der Waals surface area (Å²) in [6.45, 7) is 4.99. The molecule has 0 spiro atoms. The Balaban J connectivity index is 1.41. The van der Waals surface area contributed by atoms with Gasteiger partial charge in [-0.05, 0) is 41.5 Å². The first-order valence-corrected chi connectivity index (χ1v) is 10.4. The van der Waals surface area contributed by atoms with Crippen LogP contribution < -0.4 is 21.7 Å². The van der Waals surface area contributed by atoms with E-state index in [2.05, 4.69) is 40.0 Å². The van der Waals surface area contributed by atoms with Crippen LogP contribution in [0.4, 0.5) is 5.82 Å². The van der Waals surface area contributed by atoms with Crippen LogP contribution in [0, 0.1) is 0 Å². The van der Waals surface area contributed by atoms with Gasteiger partial charge in [-0.3, -0.25) is 9.59 Å². The number of anilines is 1. The Morgan fingerprint density at radius 3 is 2.61 bits per heavy atom. The van der Waals surface area contributed by atoms with Crippen molar-refractivity contribution in [2.75, 3.05) is 18.8 Å². The van der Waals surface area contributed by atoms with Gasteiger partial charge in [0.2, 0.25) is 11.8 Å². The van der Waals surface area contributed by atoms with Crippen molar-refractivity contribution in [2.24, 2.45) is 0 Å². The summed E-state index contributed by atoms with van der Waals surface area (Å²) >= 11 is 0. The summed E-state index contributed by atoms with van der Waals surface area (Å²) in [6, 6.07) is 17.2. The zero-order chi connectivity index (χ0) is 22.2. The van der Waals surface area contributed by atoms with E-state index in [1.165, 1.54) is 5.56 Å². The monoisotopic (exact) mass is 419 g/mol. The quantitative estimate of drug-likeness (QED) is 0.426. The third-order valence-electron chi connectivity index (χ3n) is 5.20. The molecule has 2 aromatic carbocycles. The van der Waals surface area contributed by atoms with Gasteiger partial charge in [0, 0.05) is 24.7 Å². The number of benzene rings is 2. The molecule has 5 N–H and O–H groups in total. The van der Waals surface area contributed by atoms with Crippen molar-refractivity contribution in [2.45, 2.75) is 32.4 Å². The van der Waals surface area contributed by atoms with Gasteiger partial charge in [0.25, 0.3) is 0 Å². The second-order valence-electron chi connectivity index (χ2n) is 7.70. The van der Waals surface area contributed by atoms with E-state index in [-0.39, 0.29) is 18.4 Å². The number of nitrogens with zero attached hydrogens (tertiary/aromatic N) is 1. The zero-order valence-electron chi connectivity index (χ0n) is 17.9. The van der Waals surface area contributed by atoms with E-state index in [1.807, 2.05) is 42.5 Å². The molecule has 1 aromatic heterocycles. The van der Waals surface area contributed by atoms with Crippen molar-refractivity contribution in [1.82, 2.24) is 20.9 Å². The Morgan fingerprint density at radius 1 is 1.06 bits per heavy atom. The molecule has 1 heterocycles. The lowest BCUT2D eigenvalue weighted by Crippen LogP contribution is -2.47. The first-order valence-electron chi connectivity index (χ1n) is 10.4. The number of pyridine rings is 1. The smallest absolute Gasteiger partial charge is 0.242 e. The predicted octanol–water partition coefficient (Wildman–Crippen LogP) is 2.33. The Bertz CT molecular complexity index is 1040. The molecule has 0 radical (unpaired) electrons. The van der Waals surface area contributed by atoms with Gasteiger partial charge >= 0.3 is 0 Å². The topological polar surface area (TPSA) is 109 Å². The van der Waals surface area contributed by atoms with Crippen LogP contribution in [-0.4, -0.2) is 35.9 Å². The lowest BCUT2D eigenvalue weighted by atomic mass is 10.0. The SMILES string of the molecule is CC(NC(=O)CNCC(C)c1ccccc1)C(=O)NCc1ccc2c(N)nccc2c1. The largest absolute Gasteiger partial charge is 0.383 e. The molecule has 0 saturated heterocycles. The Hall–Kier alpha value is -3.45. The van der Waals surface area contributed by atoms with Crippen LogP contribution in [0.15, 0.2) is 60.8 Å². The second kappa shape index (κ2) is 10.5. The number of amides is 2. The fraction of sp³-hybridized carbons (Fsp3) is 0.292. The molecule has 31 heavy (non-hydrogen) atoms.